The predicted molar refractivity (Wildman–Crippen MR) is 129 cm³/mol. The Bertz CT molecular complexity index is 1170. The van der Waals surface area contributed by atoms with E-state index in [1.54, 1.807) is 23.5 Å². The minimum absolute atomic E-state index is 0.647. The lowest BCUT2D eigenvalue weighted by Gasteiger charge is -2.11. The molecule has 0 aliphatic heterocycles. The van der Waals surface area contributed by atoms with Crippen molar-refractivity contribution in [2.24, 2.45) is 0 Å². The highest BCUT2D eigenvalue weighted by atomic mass is 32.2. The van der Waals surface area contributed by atoms with Gasteiger partial charge in [0.05, 0.1) is 23.7 Å². The quantitative estimate of drug-likeness (QED) is 0.316. The summed E-state index contributed by atoms with van der Waals surface area (Å²) in [5.41, 5.74) is 5.99. The lowest BCUT2D eigenvalue weighted by molar-refractivity contribution is 0.340. The highest BCUT2D eigenvalue weighted by Gasteiger charge is 2.21. The SMILES string of the molecule is CCOc1ccc(-c2cc(-c3c(C)nn(-c4ccccc4)c3SC)c(SC)nn2)cc1. The van der Waals surface area contributed by atoms with Crippen LogP contribution in [0.4, 0.5) is 0 Å². The van der Waals surface area contributed by atoms with Crippen molar-refractivity contribution in [1.29, 1.82) is 0 Å². The first-order valence-electron chi connectivity index (χ1n) is 10.0. The van der Waals surface area contributed by atoms with Crippen LogP contribution in [0.5, 0.6) is 5.75 Å². The highest BCUT2D eigenvalue weighted by Crippen LogP contribution is 2.39. The summed E-state index contributed by atoms with van der Waals surface area (Å²) in [4.78, 5) is 0. The van der Waals surface area contributed by atoms with Crippen LogP contribution in [0.15, 0.2) is 70.7 Å². The molecule has 4 rings (SSSR count). The summed E-state index contributed by atoms with van der Waals surface area (Å²) in [6, 6.07) is 20.3. The number of benzene rings is 2. The fourth-order valence-corrected chi connectivity index (χ4v) is 4.77. The van der Waals surface area contributed by atoms with Gasteiger partial charge in [0.1, 0.15) is 15.8 Å². The van der Waals surface area contributed by atoms with Gasteiger partial charge in [-0.2, -0.15) is 5.10 Å². The van der Waals surface area contributed by atoms with Gasteiger partial charge in [0.15, 0.2) is 0 Å². The smallest absolute Gasteiger partial charge is 0.127 e. The molecule has 0 unspecified atom stereocenters. The average molecular weight is 449 g/mol. The molecule has 5 nitrogen and oxygen atoms in total. The summed E-state index contributed by atoms with van der Waals surface area (Å²) < 4.78 is 7.57. The van der Waals surface area contributed by atoms with E-state index in [0.29, 0.717) is 6.61 Å². The Labute approximate surface area is 191 Å². The summed E-state index contributed by atoms with van der Waals surface area (Å²) in [6.45, 7) is 4.68. The molecule has 0 spiro atoms. The Balaban J connectivity index is 1.84. The molecule has 2 heterocycles. The van der Waals surface area contributed by atoms with Crippen LogP contribution in [0.2, 0.25) is 0 Å². The molecule has 0 fully saturated rings. The topological polar surface area (TPSA) is 52.8 Å². The van der Waals surface area contributed by atoms with Gasteiger partial charge in [-0.15, -0.1) is 33.7 Å². The highest BCUT2D eigenvalue weighted by molar-refractivity contribution is 7.99. The number of ether oxygens (including phenoxy) is 1. The first-order chi connectivity index (χ1) is 15.2. The lowest BCUT2D eigenvalue weighted by atomic mass is 10.1. The number of thioether (sulfide) groups is 2. The van der Waals surface area contributed by atoms with Crippen LogP contribution in [-0.4, -0.2) is 39.1 Å². The summed E-state index contributed by atoms with van der Waals surface area (Å²) in [7, 11) is 0. The van der Waals surface area contributed by atoms with Gasteiger partial charge in [-0.3, -0.25) is 0 Å². The van der Waals surface area contributed by atoms with Crippen molar-refractivity contribution in [1.82, 2.24) is 20.0 Å². The third-order valence-electron chi connectivity index (χ3n) is 4.90. The third kappa shape index (κ3) is 4.34. The zero-order chi connectivity index (χ0) is 21.8. The third-order valence-corrected chi connectivity index (χ3v) is 6.35. The van der Waals surface area contributed by atoms with E-state index in [1.165, 1.54) is 0 Å². The van der Waals surface area contributed by atoms with Gasteiger partial charge in [0.25, 0.3) is 0 Å². The van der Waals surface area contributed by atoms with Gasteiger partial charge in [-0.05, 0) is 68.8 Å². The van der Waals surface area contributed by atoms with Crippen LogP contribution >= 0.6 is 23.5 Å². The molecule has 0 N–H and O–H groups in total. The molecule has 0 bridgehead atoms. The maximum absolute atomic E-state index is 5.56. The first kappa shape index (κ1) is 21.5. The van der Waals surface area contributed by atoms with Crippen molar-refractivity contribution in [3.8, 4) is 33.8 Å². The summed E-state index contributed by atoms with van der Waals surface area (Å²) >= 11 is 3.28. The van der Waals surface area contributed by atoms with E-state index >= 15 is 0 Å². The van der Waals surface area contributed by atoms with E-state index in [2.05, 4.69) is 41.6 Å². The molecule has 2 aromatic carbocycles. The van der Waals surface area contributed by atoms with Gasteiger partial charge < -0.3 is 4.74 Å². The Morgan fingerprint density at radius 1 is 0.935 bits per heavy atom. The number of rotatable bonds is 7. The van der Waals surface area contributed by atoms with Crippen LogP contribution in [0.1, 0.15) is 12.6 Å². The predicted octanol–water partition coefficient (Wildman–Crippen LogP) is 6.15. The number of aryl methyl sites for hydroxylation is 1. The summed E-state index contributed by atoms with van der Waals surface area (Å²) in [6.07, 6.45) is 4.11. The molecule has 4 aromatic rings. The van der Waals surface area contributed by atoms with Crippen molar-refractivity contribution < 1.29 is 4.74 Å². The second-order valence-corrected chi connectivity index (χ2v) is 8.42. The molecular weight excluding hydrogens is 424 g/mol. The molecule has 0 atom stereocenters. The molecule has 0 radical (unpaired) electrons. The number of nitrogens with zero attached hydrogens (tertiary/aromatic N) is 4. The Kier molecular flexibility index (Phi) is 6.63. The molecule has 31 heavy (non-hydrogen) atoms. The monoisotopic (exact) mass is 448 g/mol. The fourth-order valence-electron chi connectivity index (χ4n) is 3.49. The maximum Gasteiger partial charge on any atom is 0.127 e. The molecule has 0 saturated carbocycles. The Morgan fingerprint density at radius 3 is 2.32 bits per heavy atom. The van der Waals surface area contributed by atoms with Gasteiger partial charge >= 0.3 is 0 Å². The number of para-hydroxylation sites is 1. The van der Waals surface area contributed by atoms with Gasteiger partial charge in [-0.25, -0.2) is 4.68 Å². The van der Waals surface area contributed by atoms with E-state index in [0.717, 1.165) is 49.6 Å². The van der Waals surface area contributed by atoms with Crippen LogP contribution in [0.25, 0.3) is 28.1 Å². The number of hydrogen-bond acceptors (Lipinski definition) is 6. The molecule has 0 aliphatic carbocycles. The zero-order valence-electron chi connectivity index (χ0n) is 18.0. The molecule has 158 valence electrons. The van der Waals surface area contributed by atoms with E-state index in [9.17, 15) is 0 Å². The van der Waals surface area contributed by atoms with Crippen LogP contribution < -0.4 is 4.74 Å². The Morgan fingerprint density at radius 2 is 1.68 bits per heavy atom. The minimum atomic E-state index is 0.647. The zero-order valence-corrected chi connectivity index (χ0v) is 19.6. The number of hydrogen-bond donors (Lipinski definition) is 0. The van der Waals surface area contributed by atoms with Gasteiger partial charge in [0, 0.05) is 16.7 Å². The lowest BCUT2D eigenvalue weighted by Crippen LogP contribution is -1.98. The van der Waals surface area contributed by atoms with Crippen molar-refractivity contribution in [2.45, 2.75) is 23.9 Å². The second kappa shape index (κ2) is 9.58. The average Bonchev–Trinajstić information content (AvgIpc) is 3.16. The molecule has 0 amide bonds. The van der Waals surface area contributed by atoms with E-state index in [4.69, 9.17) is 9.84 Å². The van der Waals surface area contributed by atoms with Gasteiger partial charge in [0.2, 0.25) is 0 Å². The van der Waals surface area contributed by atoms with E-state index in [1.807, 2.05) is 60.3 Å². The minimum Gasteiger partial charge on any atom is -0.494 e. The van der Waals surface area contributed by atoms with Crippen molar-refractivity contribution >= 4 is 23.5 Å². The summed E-state index contributed by atoms with van der Waals surface area (Å²) in [5, 5.41) is 15.9. The number of aromatic nitrogens is 4. The van der Waals surface area contributed by atoms with Crippen molar-refractivity contribution in [3.05, 3.63) is 66.4 Å². The molecule has 7 heteroatoms. The molecule has 0 aliphatic rings. The molecule has 2 aromatic heterocycles. The molecular formula is C24H24N4OS2. The standard InChI is InChI=1S/C24H24N4OS2/c1-5-29-19-13-11-17(12-14-19)21-15-20(23(30-3)26-25-21)22-16(2)27-28(24(22)31-4)18-9-7-6-8-10-18/h6-15H,5H2,1-4H3. The largest absolute Gasteiger partial charge is 0.494 e. The van der Waals surface area contributed by atoms with Crippen LogP contribution in [0.3, 0.4) is 0 Å². The maximum atomic E-state index is 5.56. The van der Waals surface area contributed by atoms with E-state index < -0.39 is 0 Å². The fraction of sp³-hybridized carbons (Fsp3) is 0.208. The summed E-state index contributed by atoms with van der Waals surface area (Å²) in [5.74, 6) is 0.852. The second-order valence-electron chi connectivity index (χ2n) is 6.83. The van der Waals surface area contributed by atoms with Gasteiger partial charge in [-0.1, -0.05) is 18.2 Å². The first-order valence-corrected chi connectivity index (χ1v) is 12.5. The van der Waals surface area contributed by atoms with Crippen molar-refractivity contribution in [2.75, 3.05) is 19.1 Å². The van der Waals surface area contributed by atoms with Crippen molar-refractivity contribution in [3.63, 3.8) is 0 Å². The van der Waals surface area contributed by atoms with Crippen LogP contribution in [-0.2, 0) is 0 Å². The van der Waals surface area contributed by atoms with E-state index in [-0.39, 0.29) is 0 Å². The van der Waals surface area contributed by atoms with Crippen LogP contribution in [0, 0.1) is 6.92 Å². The normalized spacial score (nSPS) is 11.0. The Hall–Kier alpha value is -2.77. The molecule has 0 saturated heterocycles.